The standard InChI is InChI=1S/C7H10F5NO3/c1-15-3-2-13-5(14)16-7(11,12)6(9,10)4-8/h2-4H2,1H3,(H,13,14). The Bertz CT molecular complexity index is 236. The number of hydrogen-bond donors (Lipinski definition) is 1. The number of rotatable bonds is 6. The van der Waals surface area contributed by atoms with E-state index in [4.69, 9.17) is 0 Å². The third kappa shape index (κ3) is 4.17. The van der Waals surface area contributed by atoms with E-state index >= 15 is 0 Å². The van der Waals surface area contributed by atoms with Gasteiger partial charge in [-0.25, -0.2) is 9.18 Å². The smallest absolute Gasteiger partial charge is 0.383 e. The van der Waals surface area contributed by atoms with E-state index in [2.05, 4.69) is 9.47 Å². The normalized spacial score (nSPS) is 12.4. The zero-order valence-electron chi connectivity index (χ0n) is 8.24. The maximum absolute atomic E-state index is 12.5. The van der Waals surface area contributed by atoms with Crippen molar-refractivity contribution in [1.82, 2.24) is 5.32 Å². The molecular formula is C7H10F5NO3. The Morgan fingerprint density at radius 3 is 2.31 bits per heavy atom. The van der Waals surface area contributed by atoms with E-state index in [9.17, 15) is 26.7 Å². The van der Waals surface area contributed by atoms with Crippen molar-refractivity contribution < 1.29 is 36.2 Å². The summed E-state index contributed by atoms with van der Waals surface area (Å²) in [6.45, 7) is -2.85. The van der Waals surface area contributed by atoms with E-state index in [0.29, 0.717) is 0 Å². The Morgan fingerprint density at radius 2 is 1.88 bits per heavy atom. The van der Waals surface area contributed by atoms with Gasteiger partial charge in [-0.2, -0.15) is 17.6 Å². The highest BCUT2D eigenvalue weighted by molar-refractivity contribution is 5.67. The van der Waals surface area contributed by atoms with Crippen molar-refractivity contribution >= 4 is 6.09 Å². The lowest BCUT2D eigenvalue weighted by molar-refractivity contribution is -0.324. The molecule has 0 aromatic heterocycles. The van der Waals surface area contributed by atoms with Crippen LogP contribution in [0.4, 0.5) is 26.7 Å². The number of nitrogens with one attached hydrogen (secondary N) is 1. The quantitative estimate of drug-likeness (QED) is 0.575. The average Bonchev–Trinajstić information content (AvgIpc) is 2.17. The van der Waals surface area contributed by atoms with Crippen molar-refractivity contribution in [2.24, 2.45) is 0 Å². The van der Waals surface area contributed by atoms with Crippen molar-refractivity contribution in [2.45, 2.75) is 12.0 Å². The lowest BCUT2D eigenvalue weighted by Crippen LogP contribution is -2.48. The monoisotopic (exact) mass is 251 g/mol. The molecule has 1 N–H and O–H groups in total. The molecule has 0 saturated heterocycles. The van der Waals surface area contributed by atoms with Gasteiger partial charge in [0.2, 0.25) is 0 Å². The van der Waals surface area contributed by atoms with Gasteiger partial charge in [0.1, 0.15) is 0 Å². The first-order valence-corrected chi connectivity index (χ1v) is 4.04. The van der Waals surface area contributed by atoms with Crippen LogP contribution in [0.15, 0.2) is 0 Å². The third-order valence-corrected chi connectivity index (χ3v) is 1.39. The molecule has 0 aromatic rings. The number of halogens is 5. The molecule has 9 heteroatoms. The molecule has 0 bridgehead atoms. The summed E-state index contributed by atoms with van der Waals surface area (Å²) in [6, 6.07) is 0. The predicted molar refractivity (Wildman–Crippen MR) is 42.2 cm³/mol. The summed E-state index contributed by atoms with van der Waals surface area (Å²) in [5, 5.41) is 1.71. The molecular weight excluding hydrogens is 241 g/mol. The van der Waals surface area contributed by atoms with Crippen LogP contribution in [-0.2, 0) is 9.47 Å². The molecule has 0 rings (SSSR count). The fraction of sp³-hybridized carbons (Fsp3) is 0.857. The minimum absolute atomic E-state index is 0.0137. The first-order chi connectivity index (χ1) is 7.27. The van der Waals surface area contributed by atoms with Crippen LogP contribution < -0.4 is 5.32 Å². The van der Waals surface area contributed by atoms with Gasteiger partial charge < -0.3 is 14.8 Å². The van der Waals surface area contributed by atoms with Crippen LogP contribution >= 0.6 is 0 Å². The molecule has 0 aliphatic heterocycles. The van der Waals surface area contributed by atoms with Crippen molar-refractivity contribution in [2.75, 3.05) is 26.9 Å². The number of carbonyl (C=O) groups excluding carboxylic acids is 1. The molecule has 0 aliphatic rings. The Morgan fingerprint density at radius 1 is 1.31 bits per heavy atom. The Labute approximate surface area is 87.7 Å². The summed E-state index contributed by atoms with van der Waals surface area (Å²) < 4.78 is 68.5. The molecule has 0 heterocycles. The number of carbonyl (C=O) groups is 1. The molecule has 0 radical (unpaired) electrons. The number of alkyl carbamates (subject to hydrolysis) is 1. The summed E-state index contributed by atoms with van der Waals surface area (Å²) in [7, 11) is 1.28. The number of hydrogen-bond acceptors (Lipinski definition) is 3. The summed E-state index contributed by atoms with van der Waals surface area (Å²) in [5.41, 5.74) is 0. The topological polar surface area (TPSA) is 47.6 Å². The maximum Gasteiger partial charge on any atom is 0.470 e. The van der Waals surface area contributed by atoms with Gasteiger partial charge in [0, 0.05) is 13.7 Å². The van der Waals surface area contributed by atoms with Gasteiger partial charge in [-0.15, -0.1) is 0 Å². The molecule has 0 aliphatic carbocycles. The Balaban J connectivity index is 4.20. The van der Waals surface area contributed by atoms with Crippen LogP contribution in [0.5, 0.6) is 0 Å². The highest BCUT2D eigenvalue weighted by atomic mass is 19.3. The second-order valence-electron chi connectivity index (χ2n) is 2.66. The third-order valence-electron chi connectivity index (χ3n) is 1.39. The number of alkyl halides is 5. The van der Waals surface area contributed by atoms with E-state index in [-0.39, 0.29) is 13.2 Å². The molecule has 0 fully saturated rings. The fourth-order valence-corrected chi connectivity index (χ4v) is 0.560. The lowest BCUT2D eigenvalue weighted by Gasteiger charge is -2.23. The van der Waals surface area contributed by atoms with Gasteiger partial charge in [-0.3, -0.25) is 0 Å². The summed E-state index contributed by atoms with van der Waals surface area (Å²) in [4.78, 5) is 10.6. The Kier molecular flexibility index (Phi) is 5.42. The van der Waals surface area contributed by atoms with E-state index < -0.39 is 24.8 Å². The van der Waals surface area contributed by atoms with E-state index in [0.717, 1.165) is 0 Å². The van der Waals surface area contributed by atoms with Crippen LogP contribution in [0.3, 0.4) is 0 Å². The zero-order valence-corrected chi connectivity index (χ0v) is 8.24. The molecule has 4 nitrogen and oxygen atoms in total. The molecule has 0 unspecified atom stereocenters. The van der Waals surface area contributed by atoms with E-state index in [1.165, 1.54) is 7.11 Å². The van der Waals surface area contributed by atoms with Gasteiger partial charge in [0.05, 0.1) is 6.61 Å². The van der Waals surface area contributed by atoms with Gasteiger partial charge >= 0.3 is 18.1 Å². The highest BCUT2D eigenvalue weighted by Gasteiger charge is 2.60. The largest absolute Gasteiger partial charge is 0.470 e. The zero-order chi connectivity index (χ0) is 12.8. The summed E-state index contributed by atoms with van der Waals surface area (Å²) in [6.07, 6.45) is -6.98. The highest BCUT2D eigenvalue weighted by Crippen LogP contribution is 2.35. The molecule has 16 heavy (non-hydrogen) atoms. The van der Waals surface area contributed by atoms with Crippen LogP contribution in [0.25, 0.3) is 0 Å². The SMILES string of the molecule is COCCNC(=O)OC(F)(F)C(F)(F)CF. The molecule has 0 spiro atoms. The van der Waals surface area contributed by atoms with Gasteiger partial charge in [0.15, 0.2) is 6.67 Å². The van der Waals surface area contributed by atoms with Crippen LogP contribution in [0.2, 0.25) is 0 Å². The molecule has 96 valence electrons. The first-order valence-electron chi connectivity index (χ1n) is 4.04. The maximum atomic E-state index is 12.5. The average molecular weight is 251 g/mol. The van der Waals surface area contributed by atoms with Gasteiger partial charge in [-0.1, -0.05) is 0 Å². The van der Waals surface area contributed by atoms with Gasteiger partial charge in [-0.05, 0) is 0 Å². The van der Waals surface area contributed by atoms with Gasteiger partial charge in [0.25, 0.3) is 0 Å². The fourth-order valence-electron chi connectivity index (χ4n) is 0.560. The van der Waals surface area contributed by atoms with E-state index in [1.54, 1.807) is 5.32 Å². The number of amides is 1. The lowest BCUT2D eigenvalue weighted by atomic mass is 10.3. The number of methoxy groups -OCH3 is 1. The second-order valence-corrected chi connectivity index (χ2v) is 2.66. The number of ether oxygens (including phenoxy) is 2. The van der Waals surface area contributed by atoms with Crippen molar-refractivity contribution in [1.29, 1.82) is 0 Å². The minimum Gasteiger partial charge on any atom is -0.383 e. The van der Waals surface area contributed by atoms with E-state index in [1.807, 2.05) is 0 Å². The van der Waals surface area contributed by atoms with Crippen molar-refractivity contribution in [3.63, 3.8) is 0 Å². The predicted octanol–water partition coefficient (Wildman–Crippen LogP) is 1.56. The summed E-state index contributed by atoms with van der Waals surface area (Å²) >= 11 is 0. The molecule has 0 atom stereocenters. The van der Waals surface area contributed by atoms with Crippen LogP contribution in [0, 0.1) is 0 Å². The van der Waals surface area contributed by atoms with Crippen molar-refractivity contribution in [3.8, 4) is 0 Å². The molecule has 0 saturated carbocycles. The molecule has 0 aromatic carbocycles. The Hall–Kier alpha value is -1.12. The second kappa shape index (κ2) is 5.83. The molecule has 1 amide bonds. The summed E-state index contributed by atoms with van der Waals surface area (Å²) in [5.74, 6) is -5.05. The van der Waals surface area contributed by atoms with Crippen LogP contribution in [0.1, 0.15) is 0 Å². The van der Waals surface area contributed by atoms with Crippen molar-refractivity contribution in [3.05, 3.63) is 0 Å². The van der Waals surface area contributed by atoms with Crippen LogP contribution in [-0.4, -0.2) is 45.1 Å². The first kappa shape index (κ1) is 14.9. The minimum atomic E-state index is -5.20.